The Balaban J connectivity index is 2.92. The zero-order valence-electron chi connectivity index (χ0n) is 6.23. The zero-order valence-corrected chi connectivity index (χ0v) is 7.81. The second kappa shape index (κ2) is 3.53. The molecule has 0 saturated heterocycles. The molecule has 0 aliphatic heterocycles. The van der Waals surface area contributed by atoms with E-state index < -0.39 is 4.92 Å². The van der Waals surface area contributed by atoms with Crippen molar-refractivity contribution in [1.82, 2.24) is 8.58 Å². The Morgan fingerprint density at radius 3 is 3.00 bits per heavy atom. The Bertz CT molecular complexity index is 298. The van der Waals surface area contributed by atoms with Gasteiger partial charge < -0.3 is 14.9 Å². The van der Waals surface area contributed by atoms with Crippen LogP contribution in [0.25, 0.3) is 0 Å². The molecular formula is C5H6BrN3O3. The molecule has 1 rings (SSSR count). The average molecular weight is 236 g/mol. The molecule has 0 amide bonds. The smallest absolute Gasteiger partial charge is 0.424 e. The minimum Gasteiger partial charge on any atom is -0.446 e. The Morgan fingerprint density at radius 1 is 1.92 bits per heavy atom. The molecule has 0 spiro atoms. The fourth-order valence-corrected chi connectivity index (χ4v) is 1.01. The predicted octanol–water partition coefficient (Wildman–Crippen LogP) is 1.35. The molecule has 66 valence electrons. The van der Waals surface area contributed by atoms with Crippen molar-refractivity contribution in [3.05, 3.63) is 16.3 Å². The molecule has 6 nitrogen and oxygen atoms in total. The van der Waals surface area contributed by atoms with Crippen LogP contribution in [-0.4, -0.2) is 20.1 Å². The standard InChI is InChI=1S/C5H6BrN3O3/c1-2-12-5-7-4(9(10)11)3-8(5)6/h3H,2H2,1H3. The summed E-state index contributed by atoms with van der Waals surface area (Å²) in [6, 6.07) is 0.184. The van der Waals surface area contributed by atoms with Crippen LogP contribution in [0.1, 0.15) is 6.92 Å². The zero-order chi connectivity index (χ0) is 9.14. The third kappa shape index (κ3) is 1.73. The first-order chi connectivity index (χ1) is 5.65. The Labute approximate surface area is 76.6 Å². The molecule has 0 aliphatic carbocycles. The second-order valence-electron chi connectivity index (χ2n) is 1.88. The normalized spacial score (nSPS) is 9.83. The lowest BCUT2D eigenvalue weighted by atomic mass is 10.8. The van der Waals surface area contributed by atoms with Crippen LogP contribution in [0.4, 0.5) is 5.82 Å². The van der Waals surface area contributed by atoms with E-state index in [1.54, 1.807) is 6.92 Å². The molecule has 0 aromatic carbocycles. The molecular weight excluding hydrogens is 230 g/mol. The molecule has 1 aromatic heterocycles. The van der Waals surface area contributed by atoms with E-state index in [1.165, 1.54) is 9.79 Å². The van der Waals surface area contributed by atoms with Gasteiger partial charge in [0.25, 0.3) is 0 Å². The number of imidazole rings is 1. The van der Waals surface area contributed by atoms with Gasteiger partial charge in [-0.1, -0.05) is 0 Å². The van der Waals surface area contributed by atoms with Gasteiger partial charge >= 0.3 is 11.8 Å². The van der Waals surface area contributed by atoms with Crippen molar-refractivity contribution in [2.75, 3.05) is 6.61 Å². The lowest BCUT2D eigenvalue weighted by Gasteiger charge is -1.92. The molecule has 0 fully saturated rings. The number of halogens is 1. The number of rotatable bonds is 3. The first-order valence-corrected chi connectivity index (χ1v) is 3.88. The van der Waals surface area contributed by atoms with Crippen molar-refractivity contribution in [1.29, 1.82) is 0 Å². The van der Waals surface area contributed by atoms with Gasteiger partial charge in [0.05, 0.1) is 22.8 Å². The summed E-state index contributed by atoms with van der Waals surface area (Å²) < 4.78 is 6.25. The predicted molar refractivity (Wildman–Crippen MR) is 44.4 cm³/mol. The van der Waals surface area contributed by atoms with E-state index in [0.717, 1.165) is 0 Å². The SMILES string of the molecule is CCOc1nc([N+](=O)[O-])cn1Br. The number of hydrogen-bond acceptors (Lipinski definition) is 4. The van der Waals surface area contributed by atoms with Crippen LogP contribution in [0, 0.1) is 10.1 Å². The van der Waals surface area contributed by atoms with Gasteiger partial charge in [0.1, 0.15) is 6.20 Å². The molecule has 1 heterocycles. The van der Waals surface area contributed by atoms with Crippen LogP contribution in [0.3, 0.4) is 0 Å². The lowest BCUT2D eigenvalue weighted by molar-refractivity contribution is -0.389. The Kier molecular flexibility index (Phi) is 2.64. The second-order valence-corrected chi connectivity index (χ2v) is 2.65. The van der Waals surface area contributed by atoms with Crippen LogP contribution in [-0.2, 0) is 0 Å². The van der Waals surface area contributed by atoms with Crippen molar-refractivity contribution in [3.8, 4) is 6.01 Å². The van der Waals surface area contributed by atoms with Gasteiger partial charge in [-0.25, -0.2) is 3.59 Å². The van der Waals surface area contributed by atoms with Crippen molar-refractivity contribution < 1.29 is 9.66 Å². The van der Waals surface area contributed by atoms with Crippen molar-refractivity contribution in [2.45, 2.75) is 6.92 Å². The molecule has 0 atom stereocenters. The van der Waals surface area contributed by atoms with Crippen molar-refractivity contribution in [3.63, 3.8) is 0 Å². The molecule has 0 radical (unpaired) electrons. The van der Waals surface area contributed by atoms with Gasteiger partial charge in [0.15, 0.2) is 0 Å². The summed E-state index contributed by atoms with van der Waals surface area (Å²) in [5.74, 6) is -0.240. The van der Waals surface area contributed by atoms with E-state index in [0.29, 0.717) is 6.61 Å². The fourth-order valence-electron chi connectivity index (χ4n) is 0.642. The van der Waals surface area contributed by atoms with Gasteiger partial charge in [-0.05, 0) is 11.8 Å². The third-order valence-electron chi connectivity index (χ3n) is 1.08. The topological polar surface area (TPSA) is 70.2 Å². The van der Waals surface area contributed by atoms with Crippen LogP contribution < -0.4 is 4.74 Å². The summed E-state index contributed by atoms with van der Waals surface area (Å²) in [4.78, 5) is 13.2. The largest absolute Gasteiger partial charge is 0.446 e. The maximum Gasteiger partial charge on any atom is 0.424 e. The first-order valence-electron chi connectivity index (χ1n) is 3.18. The highest BCUT2D eigenvalue weighted by atomic mass is 79.9. The summed E-state index contributed by atoms with van der Waals surface area (Å²) in [5.41, 5.74) is 0. The van der Waals surface area contributed by atoms with Crippen LogP contribution in [0.2, 0.25) is 0 Å². The fraction of sp³-hybridized carbons (Fsp3) is 0.400. The average Bonchev–Trinajstić information content (AvgIpc) is 2.34. The monoisotopic (exact) mass is 235 g/mol. The minimum atomic E-state index is -0.583. The van der Waals surface area contributed by atoms with E-state index in [9.17, 15) is 10.1 Å². The molecule has 0 unspecified atom stereocenters. The molecule has 7 heteroatoms. The molecule has 1 aromatic rings. The third-order valence-corrected chi connectivity index (χ3v) is 1.59. The van der Waals surface area contributed by atoms with Crippen LogP contribution in [0.15, 0.2) is 6.20 Å². The van der Waals surface area contributed by atoms with Gasteiger partial charge in [0, 0.05) is 4.98 Å². The number of hydrogen-bond donors (Lipinski definition) is 0. The number of ether oxygens (including phenoxy) is 1. The van der Waals surface area contributed by atoms with Crippen LogP contribution in [0.5, 0.6) is 6.01 Å². The Morgan fingerprint density at radius 2 is 2.58 bits per heavy atom. The highest BCUT2D eigenvalue weighted by molar-refractivity contribution is 9.08. The number of nitrogens with zero attached hydrogens (tertiary/aromatic N) is 3. The molecule has 0 N–H and O–H groups in total. The van der Waals surface area contributed by atoms with Gasteiger partial charge in [0.2, 0.25) is 0 Å². The summed E-state index contributed by atoms with van der Waals surface area (Å²) in [6.45, 7) is 2.19. The van der Waals surface area contributed by atoms with Crippen LogP contribution >= 0.6 is 16.1 Å². The van der Waals surface area contributed by atoms with Gasteiger partial charge in [-0.2, -0.15) is 0 Å². The summed E-state index contributed by atoms with van der Waals surface area (Å²) in [5, 5.41) is 10.2. The highest BCUT2D eigenvalue weighted by Gasteiger charge is 2.17. The van der Waals surface area contributed by atoms with Crippen molar-refractivity contribution >= 4 is 22.0 Å². The maximum absolute atomic E-state index is 10.2. The summed E-state index contributed by atoms with van der Waals surface area (Å²) in [7, 11) is 0. The van der Waals surface area contributed by atoms with Gasteiger partial charge in [-0.3, -0.25) is 0 Å². The molecule has 0 aliphatic rings. The Hall–Kier alpha value is -1.11. The first kappa shape index (κ1) is 8.98. The van der Waals surface area contributed by atoms with E-state index in [4.69, 9.17) is 4.74 Å². The number of nitro groups is 1. The van der Waals surface area contributed by atoms with E-state index in [2.05, 4.69) is 21.1 Å². The highest BCUT2D eigenvalue weighted by Crippen LogP contribution is 2.19. The summed E-state index contributed by atoms with van der Waals surface area (Å²) in [6.07, 6.45) is 1.23. The quantitative estimate of drug-likeness (QED) is 0.586. The minimum absolute atomic E-state index is 0.184. The maximum atomic E-state index is 10.2. The van der Waals surface area contributed by atoms with E-state index in [-0.39, 0.29) is 11.8 Å². The molecule has 0 saturated carbocycles. The number of aromatic nitrogens is 2. The lowest BCUT2D eigenvalue weighted by Crippen LogP contribution is -1.95. The van der Waals surface area contributed by atoms with Crippen molar-refractivity contribution in [2.24, 2.45) is 0 Å². The molecule has 0 bridgehead atoms. The summed E-state index contributed by atoms with van der Waals surface area (Å²) >= 11 is 3.01. The van der Waals surface area contributed by atoms with E-state index in [1.807, 2.05) is 0 Å². The molecule has 12 heavy (non-hydrogen) atoms. The van der Waals surface area contributed by atoms with Gasteiger partial charge in [-0.15, -0.1) is 0 Å². The van der Waals surface area contributed by atoms with E-state index >= 15 is 0 Å².